The van der Waals surface area contributed by atoms with Crippen LogP contribution in [0.3, 0.4) is 0 Å². The van der Waals surface area contributed by atoms with E-state index in [1.807, 2.05) is 0 Å². The number of likely N-dealkylation sites (tertiary alicyclic amines) is 1. The molecule has 0 unspecified atom stereocenters. The van der Waals surface area contributed by atoms with Crippen molar-refractivity contribution in [2.75, 3.05) is 19.3 Å². The third kappa shape index (κ3) is 5.17. The molecule has 4 heteroatoms. The van der Waals surface area contributed by atoms with E-state index in [4.69, 9.17) is 4.74 Å². The molecule has 0 bridgehead atoms. The highest BCUT2D eigenvalue weighted by Gasteiger charge is 2.21. The Morgan fingerprint density at radius 3 is 2.35 bits per heavy atom. The lowest BCUT2D eigenvalue weighted by Crippen LogP contribution is -3.00. The zero-order valence-electron chi connectivity index (χ0n) is 13.5. The topological polar surface area (TPSA) is 12.5 Å². The Morgan fingerprint density at radius 1 is 1.00 bits per heavy atom. The van der Waals surface area contributed by atoms with Crippen LogP contribution in [-0.2, 0) is 6.54 Å². The van der Waals surface area contributed by atoms with Crippen molar-refractivity contribution in [1.29, 1.82) is 0 Å². The van der Waals surface area contributed by atoms with Gasteiger partial charge in [0.2, 0.25) is 0 Å². The number of ether oxygens (including phenoxy) is 1. The fourth-order valence-electron chi connectivity index (χ4n) is 2.92. The quantitative estimate of drug-likeness (QED) is 0.759. The molecule has 2 aromatic carbocycles. The van der Waals surface area contributed by atoms with Gasteiger partial charge in [-0.1, -0.05) is 42.5 Å². The predicted octanol–water partition coefficient (Wildman–Crippen LogP) is 1.46. The molecule has 0 spiro atoms. The Kier molecular flexibility index (Phi) is 7.28. The molecular formula is C19H23ClNOS-. The van der Waals surface area contributed by atoms with Gasteiger partial charge < -0.3 is 17.1 Å². The van der Waals surface area contributed by atoms with Crippen molar-refractivity contribution < 1.29 is 17.1 Å². The van der Waals surface area contributed by atoms with Crippen molar-refractivity contribution in [2.24, 2.45) is 0 Å². The van der Waals surface area contributed by atoms with Gasteiger partial charge in [-0.25, -0.2) is 0 Å². The van der Waals surface area contributed by atoms with E-state index in [1.165, 1.54) is 10.5 Å². The van der Waals surface area contributed by atoms with E-state index in [2.05, 4.69) is 65.8 Å². The smallest absolute Gasteiger partial charge is 0.133 e. The van der Waals surface area contributed by atoms with Crippen LogP contribution in [0.4, 0.5) is 0 Å². The summed E-state index contributed by atoms with van der Waals surface area (Å²) in [4.78, 5) is 3.75. The second-order valence-electron chi connectivity index (χ2n) is 5.73. The number of nitrogens with zero attached hydrogens (tertiary/aromatic N) is 1. The highest BCUT2D eigenvalue weighted by atomic mass is 35.5. The van der Waals surface area contributed by atoms with E-state index in [-0.39, 0.29) is 12.4 Å². The number of thioether (sulfide) groups is 1. The molecule has 0 atom stereocenters. The first-order valence-corrected chi connectivity index (χ1v) is 9.13. The Labute approximate surface area is 149 Å². The van der Waals surface area contributed by atoms with E-state index in [1.54, 1.807) is 11.8 Å². The minimum atomic E-state index is 0. The van der Waals surface area contributed by atoms with Crippen molar-refractivity contribution >= 4 is 11.8 Å². The van der Waals surface area contributed by atoms with Gasteiger partial charge in [0, 0.05) is 24.5 Å². The average Bonchev–Trinajstić information content (AvgIpc) is 2.58. The molecule has 1 saturated heterocycles. The number of piperidine rings is 1. The summed E-state index contributed by atoms with van der Waals surface area (Å²) in [6.45, 7) is 3.27. The van der Waals surface area contributed by atoms with Gasteiger partial charge in [0.15, 0.2) is 0 Å². The Hall–Kier alpha value is -1.16. The van der Waals surface area contributed by atoms with Crippen LogP contribution in [-0.4, -0.2) is 30.3 Å². The molecule has 0 N–H and O–H groups in total. The van der Waals surface area contributed by atoms with Crippen LogP contribution in [0.1, 0.15) is 18.4 Å². The lowest BCUT2D eigenvalue weighted by Gasteiger charge is -2.32. The third-order valence-corrected chi connectivity index (χ3v) is 4.92. The molecule has 0 aromatic heterocycles. The fourth-order valence-corrected chi connectivity index (χ4v) is 3.45. The zero-order chi connectivity index (χ0) is 15.2. The standard InChI is InChI=1S/C19H23NOS.ClH/c1-22-19-10-6-5-9-18(19)21-17-11-13-20(14-12-17)15-16-7-3-2-4-8-16;/h2-10,17H,11-15H2,1H3;1H/p-1. The number of hydrogen-bond donors (Lipinski definition) is 0. The maximum Gasteiger partial charge on any atom is 0.133 e. The maximum atomic E-state index is 6.23. The summed E-state index contributed by atoms with van der Waals surface area (Å²) in [7, 11) is 0. The molecule has 3 rings (SSSR count). The molecule has 23 heavy (non-hydrogen) atoms. The number of halogens is 1. The molecule has 2 aromatic rings. The second kappa shape index (κ2) is 9.21. The van der Waals surface area contributed by atoms with E-state index in [0.29, 0.717) is 6.10 Å². The van der Waals surface area contributed by atoms with Gasteiger partial charge in [0.25, 0.3) is 0 Å². The molecule has 1 fully saturated rings. The lowest BCUT2D eigenvalue weighted by molar-refractivity contribution is -0.00000585. The van der Waals surface area contributed by atoms with Crippen molar-refractivity contribution in [1.82, 2.24) is 4.90 Å². The van der Waals surface area contributed by atoms with E-state index < -0.39 is 0 Å². The lowest BCUT2D eigenvalue weighted by atomic mass is 10.1. The van der Waals surface area contributed by atoms with Gasteiger partial charge in [-0.05, 0) is 36.8 Å². The SMILES string of the molecule is CSc1ccccc1OC1CCN(Cc2ccccc2)CC1.[Cl-]. The minimum absolute atomic E-state index is 0. The van der Waals surface area contributed by atoms with Crippen LogP contribution in [0.5, 0.6) is 5.75 Å². The van der Waals surface area contributed by atoms with Crippen molar-refractivity contribution in [3.63, 3.8) is 0 Å². The molecule has 1 aliphatic rings. The first-order valence-electron chi connectivity index (χ1n) is 7.91. The van der Waals surface area contributed by atoms with E-state index in [0.717, 1.165) is 38.2 Å². The molecular weight excluding hydrogens is 326 g/mol. The van der Waals surface area contributed by atoms with Gasteiger partial charge in [-0.2, -0.15) is 0 Å². The predicted molar refractivity (Wildman–Crippen MR) is 93.6 cm³/mol. The zero-order valence-corrected chi connectivity index (χ0v) is 15.0. The van der Waals surface area contributed by atoms with Crippen LogP contribution >= 0.6 is 11.8 Å². The number of hydrogen-bond acceptors (Lipinski definition) is 3. The largest absolute Gasteiger partial charge is 1.00 e. The summed E-state index contributed by atoms with van der Waals surface area (Å²) in [6, 6.07) is 19.1. The van der Waals surface area contributed by atoms with Crippen molar-refractivity contribution in [3.8, 4) is 5.75 Å². The monoisotopic (exact) mass is 348 g/mol. The van der Waals surface area contributed by atoms with Gasteiger partial charge in [0.05, 0.1) is 0 Å². The van der Waals surface area contributed by atoms with Crippen LogP contribution in [0.2, 0.25) is 0 Å². The number of para-hydroxylation sites is 1. The average molecular weight is 349 g/mol. The van der Waals surface area contributed by atoms with Crippen molar-refractivity contribution in [2.45, 2.75) is 30.4 Å². The normalized spacial score (nSPS) is 15.9. The van der Waals surface area contributed by atoms with Crippen molar-refractivity contribution in [3.05, 3.63) is 60.2 Å². The minimum Gasteiger partial charge on any atom is -1.00 e. The highest BCUT2D eigenvalue weighted by Crippen LogP contribution is 2.29. The molecule has 124 valence electrons. The molecule has 0 aliphatic carbocycles. The third-order valence-electron chi connectivity index (χ3n) is 4.15. The summed E-state index contributed by atoms with van der Waals surface area (Å²) in [5.41, 5.74) is 1.40. The summed E-state index contributed by atoms with van der Waals surface area (Å²) in [6.07, 6.45) is 4.66. The van der Waals surface area contributed by atoms with Crippen LogP contribution in [0.15, 0.2) is 59.5 Å². The van der Waals surface area contributed by atoms with E-state index >= 15 is 0 Å². The first-order chi connectivity index (χ1) is 10.8. The molecule has 2 nitrogen and oxygen atoms in total. The molecule has 1 heterocycles. The van der Waals surface area contributed by atoms with Gasteiger partial charge in [-0.15, -0.1) is 11.8 Å². The summed E-state index contributed by atoms with van der Waals surface area (Å²) in [5.74, 6) is 1.04. The Balaban J connectivity index is 0.00000192. The van der Waals surface area contributed by atoms with E-state index in [9.17, 15) is 0 Å². The molecule has 0 saturated carbocycles. The van der Waals surface area contributed by atoms with Gasteiger partial charge >= 0.3 is 0 Å². The fraction of sp³-hybridized carbons (Fsp3) is 0.368. The van der Waals surface area contributed by atoms with Gasteiger partial charge in [-0.3, -0.25) is 4.90 Å². The maximum absolute atomic E-state index is 6.23. The molecule has 0 radical (unpaired) electrons. The molecule has 1 aliphatic heterocycles. The Morgan fingerprint density at radius 2 is 1.65 bits per heavy atom. The Bertz CT molecular complexity index is 585. The number of rotatable bonds is 5. The highest BCUT2D eigenvalue weighted by molar-refractivity contribution is 7.98. The van der Waals surface area contributed by atoms with Crippen LogP contribution < -0.4 is 17.1 Å². The summed E-state index contributed by atoms with van der Waals surface area (Å²) in [5, 5.41) is 0. The van der Waals surface area contributed by atoms with Crippen LogP contribution in [0.25, 0.3) is 0 Å². The first kappa shape index (κ1) is 18.2. The molecule has 0 amide bonds. The second-order valence-corrected chi connectivity index (χ2v) is 6.58. The van der Waals surface area contributed by atoms with Gasteiger partial charge in [0.1, 0.15) is 11.9 Å². The summed E-state index contributed by atoms with van der Waals surface area (Å²) < 4.78 is 6.23. The number of benzene rings is 2. The van der Waals surface area contributed by atoms with Crippen LogP contribution in [0, 0.1) is 0 Å². The summed E-state index contributed by atoms with van der Waals surface area (Å²) >= 11 is 1.75.